The molecule has 146 valence electrons. The molecule has 0 aliphatic rings. The molecular formula is C21H28FN3O2. The summed E-state index contributed by atoms with van der Waals surface area (Å²) in [7, 11) is 3.16. The van der Waals surface area contributed by atoms with Crippen molar-refractivity contribution in [1.29, 1.82) is 0 Å². The third-order valence-electron chi connectivity index (χ3n) is 4.15. The summed E-state index contributed by atoms with van der Waals surface area (Å²) in [5.41, 5.74) is 1.99. The van der Waals surface area contributed by atoms with E-state index in [1.807, 2.05) is 24.3 Å². The monoisotopic (exact) mass is 373 g/mol. The number of guanidine groups is 1. The third kappa shape index (κ3) is 6.90. The average Bonchev–Trinajstić information content (AvgIpc) is 2.70. The summed E-state index contributed by atoms with van der Waals surface area (Å²) in [5.74, 6) is 0.540. The summed E-state index contributed by atoms with van der Waals surface area (Å²) in [5, 5.41) is 6.40. The van der Waals surface area contributed by atoms with Gasteiger partial charge in [0, 0.05) is 26.7 Å². The van der Waals surface area contributed by atoms with Gasteiger partial charge in [0.2, 0.25) is 0 Å². The van der Waals surface area contributed by atoms with Crippen molar-refractivity contribution >= 4 is 5.96 Å². The van der Waals surface area contributed by atoms with E-state index in [1.165, 1.54) is 18.7 Å². The third-order valence-corrected chi connectivity index (χ3v) is 4.15. The van der Waals surface area contributed by atoms with Crippen LogP contribution in [0.15, 0.2) is 53.5 Å². The molecule has 1 unspecified atom stereocenters. The number of rotatable bonds is 9. The number of hydrogen-bond acceptors (Lipinski definition) is 3. The fourth-order valence-corrected chi connectivity index (χ4v) is 2.59. The number of benzene rings is 2. The van der Waals surface area contributed by atoms with Crippen molar-refractivity contribution in [3.05, 3.63) is 65.5 Å². The van der Waals surface area contributed by atoms with Gasteiger partial charge in [-0.2, -0.15) is 0 Å². The molecular weight excluding hydrogens is 345 g/mol. The molecule has 2 aromatic carbocycles. The highest BCUT2D eigenvalue weighted by Crippen LogP contribution is 2.17. The maximum atomic E-state index is 13.7. The second-order valence-corrected chi connectivity index (χ2v) is 6.10. The largest absolute Gasteiger partial charge is 0.494 e. The molecule has 27 heavy (non-hydrogen) atoms. The first kappa shape index (κ1) is 20.7. The van der Waals surface area contributed by atoms with Crippen molar-refractivity contribution in [2.75, 3.05) is 27.3 Å². The Morgan fingerprint density at radius 1 is 1.15 bits per heavy atom. The lowest BCUT2D eigenvalue weighted by molar-refractivity contribution is 0.0646. The minimum atomic E-state index is -0.371. The summed E-state index contributed by atoms with van der Waals surface area (Å²) in [6.45, 7) is 3.92. The zero-order chi connectivity index (χ0) is 19.5. The molecule has 0 bridgehead atoms. The second-order valence-electron chi connectivity index (χ2n) is 6.10. The molecule has 0 radical (unpaired) electrons. The number of hydrogen-bond donors (Lipinski definition) is 2. The fraction of sp³-hybridized carbons (Fsp3) is 0.381. The number of methoxy groups -OCH3 is 1. The van der Waals surface area contributed by atoms with E-state index in [0.29, 0.717) is 19.1 Å². The topological polar surface area (TPSA) is 54.9 Å². The van der Waals surface area contributed by atoms with Crippen LogP contribution in [0.2, 0.25) is 0 Å². The molecule has 0 saturated carbocycles. The van der Waals surface area contributed by atoms with Crippen LogP contribution in [0.25, 0.3) is 0 Å². The van der Waals surface area contributed by atoms with E-state index in [-0.39, 0.29) is 17.7 Å². The zero-order valence-electron chi connectivity index (χ0n) is 16.2. The molecule has 0 amide bonds. The molecule has 1 atom stereocenters. The standard InChI is InChI=1S/C21H28FN3O2/c1-16(18-8-5-4-6-9-18)27-13-7-12-24-21(23-2)25-15-17-10-11-20(26-3)19(22)14-17/h4-6,8-11,14,16H,7,12-13,15H2,1-3H3,(H2,23,24,25). The number of aliphatic imine (C=N–C) groups is 1. The highest BCUT2D eigenvalue weighted by atomic mass is 19.1. The Morgan fingerprint density at radius 2 is 1.93 bits per heavy atom. The number of nitrogens with one attached hydrogen (secondary N) is 2. The first-order valence-electron chi connectivity index (χ1n) is 9.07. The Hall–Kier alpha value is -2.60. The van der Waals surface area contributed by atoms with E-state index in [4.69, 9.17) is 9.47 Å². The van der Waals surface area contributed by atoms with Gasteiger partial charge < -0.3 is 20.1 Å². The fourth-order valence-electron chi connectivity index (χ4n) is 2.59. The van der Waals surface area contributed by atoms with Gasteiger partial charge in [0.1, 0.15) is 0 Å². The van der Waals surface area contributed by atoms with Gasteiger partial charge in [-0.25, -0.2) is 4.39 Å². The molecule has 6 heteroatoms. The first-order chi connectivity index (χ1) is 13.1. The number of halogens is 1. The predicted octanol–water partition coefficient (Wildman–Crippen LogP) is 3.67. The maximum absolute atomic E-state index is 13.7. The summed E-state index contributed by atoms with van der Waals surface area (Å²) >= 11 is 0. The minimum absolute atomic E-state index is 0.0774. The van der Waals surface area contributed by atoms with Crippen LogP contribution in [0.3, 0.4) is 0 Å². The molecule has 0 saturated heterocycles. The van der Waals surface area contributed by atoms with E-state index in [9.17, 15) is 4.39 Å². The van der Waals surface area contributed by atoms with Crippen LogP contribution in [0.4, 0.5) is 4.39 Å². The zero-order valence-corrected chi connectivity index (χ0v) is 16.2. The molecule has 0 aliphatic heterocycles. The second kappa shape index (κ2) is 11.2. The van der Waals surface area contributed by atoms with E-state index in [1.54, 1.807) is 13.1 Å². The molecule has 0 fully saturated rings. The van der Waals surface area contributed by atoms with Crippen LogP contribution in [-0.2, 0) is 11.3 Å². The highest BCUT2D eigenvalue weighted by molar-refractivity contribution is 5.79. The Kier molecular flexibility index (Phi) is 8.58. The molecule has 5 nitrogen and oxygen atoms in total. The summed E-state index contributed by atoms with van der Waals surface area (Å²) < 4.78 is 24.5. The summed E-state index contributed by atoms with van der Waals surface area (Å²) in [6, 6.07) is 15.1. The van der Waals surface area contributed by atoms with E-state index < -0.39 is 0 Å². The number of nitrogens with zero attached hydrogens (tertiary/aromatic N) is 1. The Bertz CT molecular complexity index is 723. The normalized spacial score (nSPS) is 12.5. The molecule has 0 aromatic heterocycles. The Labute approximate surface area is 160 Å². The average molecular weight is 373 g/mol. The van der Waals surface area contributed by atoms with Crippen molar-refractivity contribution < 1.29 is 13.9 Å². The summed E-state index contributed by atoms with van der Waals surface area (Å²) in [6.07, 6.45) is 0.934. The van der Waals surface area contributed by atoms with Crippen LogP contribution >= 0.6 is 0 Å². The van der Waals surface area contributed by atoms with Crippen LogP contribution in [0.5, 0.6) is 5.75 Å². The Morgan fingerprint density at radius 3 is 2.59 bits per heavy atom. The molecule has 2 N–H and O–H groups in total. The van der Waals surface area contributed by atoms with Gasteiger partial charge in [-0.1, -0.05) is 36.4 Å². The lowest BCUT2D eigenvalue weighted by Gasteiger charge is -2.15. The molecule has 0 aliphatic carbocycles. The van der Waals surface area contributed by atoms with E-state index >= 15 is 0 Å². The van der Waals surface area contributed by atoms with Gasteiger partial charge in [-0.15, -0.1) is 0 Å². The van der Waals surface area contributed by atoms with Crippen LogP contribution < -0.4 is 15.4 Å². The van der Waals surface area contributed by atoms with Crippen LogP contribution in [0.1, 0.15) is 30.6 Å². The number of ether oxygens (including phenoxy) is 2. The van der Waals surface area contributed by atoms with Crippen molar-refractivity contribution in [2.45, 2.75) is 26.0 Å². The quantitative estimate of drug-likeness (QED) is 0.400. The van der Waals surface area contributed by atoms with Crippen LogP contribution in [0, 0.1) is 5.82 Å². The molecule has 2 aromatic rings. The lowest BCUT2D eigenvalue weighted by Crippen LogP contribution is -2.37. The van der Waals surface area contributed by atoms with Gasteiger partial charge in [0.25, 0.3) is 0 Å². The predicted molar refractivity (Wildman–Crippen MR) is 107 cm³/mol. The van der Waals surface area contributed by atoms with E-state index in [2.05, 4.69) is 34.7 Å². The highest BCUT2D eigenvalue weighted by Gasteiger charge is 2.06. The summed E-state index contributed by atoms with van der Waals surface area (Å²) in [4.78, 5) is 4.17. The Balaban J connectivity index is 1.66. The van der Waals surface area contributed by atoms with Crippen molar-refractivity contribution in [3.8, 4) is 5.75 Å². The van der Waals surface area contributed by atoms with Crippen molar-refractivity contribution in [3.63, 3.8) is 0 Å². The van der Waals surface area contributed by atoms with Crippen molar-refractivity contribution in [2.24, 2.45) is 4.99 Å². The van der Waals surface area contributed by atoms with Gasteiger partial charge in [0.05, 0.1) is 13.2 Å². The molecule has 0 spiro atoms. The molecule has 0 heterocycles. The molecule has 2 rings (SSSR count). The van der Waals surface area contributed by atoms with Gasteiger partial charge >= 0.3 is 0 Å². The van der Waals surface area contributed by atoms with Gasteiger partial charge in [0.15, 0.2) is 17.5 Å². The van der Waals surface area contributed by atoms with Gasteiger partial charge in [-0.3, -0.25) is 4.99 Å². The minimum Gasteiger partial charge on any atom is -0.494 e. The smallest absolute Gasteiger partial charge is 0.191 e. The van der Waals surface area contributed by atoms with Crippen LogP contribution in [-0.4, -0.2) is 33.3 Å². The van der Waals surface area contributed by atoms with Gasteiger partial charge in [-0.05, 0) is 36.6 Å². The SMILES string of the molecule is CN=C(NCCCOC(C)c1ccccc1)NCc1ccc(OC)c(F)c1. The van der Waals surface area contributed by atoms with Crippen molar-refractivity contribution in [1.82, 2.24) is 10.6 Å². The maximum Gasteiger partial charge on any atom is 0.191 e. The lowest BCUT2D eigenvalue weighted by atomic mass is 10.1. The first-order valence-corrected chi connectivity index (χ1v) is 9.07. The van der Waals surface area contributed by atoms with E-state index in [0.717, 1.165) is 18.5 Å².